The lowest BCUT2D eigenvalue weighted by Gasteiger charge is -2.58. The molecule has 0 spiro atoms. The van der Waals surface area contributed by atoms with Gasteiger partial charge in [-0.1, -0.05) is 19.4 Å². The molecular formula is C21H28O4. The Morgan fingerprint density at radius 3 is 2.56 bits per heavy atom. The average molecular weight is 344 g/mol. The summed E-state index contributed by atoms with van der Waals surface area (Å²) in [5, 5.41) is 11.0. The molecule has 1 N–H and O–H groups in total. The van der Waals surface area contributed by atoms with E-state index in [0.717, 1.165) is 31.3 Å². The van der Waals surface area contributed by atoms with Gasteiger partial charge in [-0.3, -0.25) is 14.4 Å². The van der Waals surface area contributed by atoms with Gasteiger partial charge in [0.1, 0.15) is 11.9 Å². The first-order valence-electron chi connectivity index (χ1n) is 9.67. The van der Waals surface area contributed by atoms with Crippen LogP contribution in [0, 0.1) is 34.5 Å². The molecule has 0 unspecified atom stereocenters. The Hall–Kier alpha value is -1.29. The quantitative estimate of drug-likeness (QED) is 0.794. The minimum atomic E-state index is -1.07. The van der Waals surface area contributed by atoms with E-state index in [1.165, 1.54) is 0 Å². The van der Waals surface area contributed by atoms with E-state index in [4.69, 9.17) is 0 Å². The third-order valence-electron chi connectivity index (χ3n) is 8.31. The fourth-order valence-electron chi connectivity index (χ4n) is 7.02. The maximum Gasteiger partial charge on any atom is 0.166 e. The number of hydrogen-bond acceptors (Lipinski definition) is 4. The summed E-state index contributed by atoms with van der Waals surface area (Å²) < 4.78 is 0. The molecule has 0 aromatic rings. The molecule has 0 amide bonds. The van der Waals surface area contributed by atoms with Crippen LogP contribution < -0.4 is 0 Å². The maximum atomic E-state index is 13.3. The number of hydrogen-bond donors (Lipinski definition) is 1. The van der Waals surface area contributed by atoms with E-state index >= 15 is 0 Å². The lowest BCUT2D eigenvalue weighted by molar-refractivity contribution is -0.170. The van der Waals surface area contributed by atoms with Crippen LogP contribution in [-0.2, 0) is 14.4 Å². The first kappa shape index (κ1) is 17.1. The van der Waals surface area contributed by atoms with Gasteiger partial charge in [0, 0.05) is 23.7 Å². The fourth-order valence-corrected chi connectivity index (χ4v) is 7.02. The van der Waals surface area contributed by atoms with Crippen LogP contribution in [0.3, 0.4) is 0 Å². The van der Waals surface area contributed by atoms with Crippen molar-refractivity contribution in [2.45, 2.75) is 65.4 Å². The van der Waals surface area contributed by atoms with Crippen molar-refractivity contribution in [3.05, 3.63) is 11.6 Å². The highest BCUT2D eigenvalue weighted by atomic mass is 16.3. The van der Waals surface area contributed by atoms with E-state index in [9.17, 15) is 19.5 Å². The number of ketones is 3. The second kappa shape index (κ2) is 5.35. The molecule has 0 aromatic carbocycles. The molecule has 3 saturated carbocycles. The maximum absolute atomic E-state index is 13.3. The topological polar surface area (TPSA) is 71.4 Å². The molecule has 4 aliphatic rings. The molecule has 7 atom stereocenters. The van der Waals surface area contributed by atoms with Crippen LogP contribution in [0.4, 0.5) is 0 Å². The molecular weight excluding hydrogens is 316 g/mol. The van der Waals surface area contributed by atoms with Crippen LogP contribution in [0.2, 0.25) is 0 Å². The molecule has 0 aromatic heterocycles. The highest BCUT2D eigenvalue weighted by Crippen LogP contribution is 2.65. The molecule has 136 valence electrons. The zero-order chi connectivity index (χ0) is 18.1. The monoisotopic (exact) mass is 344 g/mol. The number of aliphatic hydroxyl groups excluding tert-OH is 1. The third-order valence-corrected chi connectivity index (χ3v) is 8.31. The van der Waals surface area contributed by atoms with Crippen molar-refractivity contribution in [3.8, 4) is 0 Å². The minimum Gasteiger partial charge on any atom is -0.385 e. The predicted molar refractivity (Wildman–Crippen MR) is 92.7 cm³/mol. The van der Waals surface area contributed by atoms with Crippen LogP contribution in [0.5, 0.6) is 0 Å². The number of Topliss-reactive ketones (excluding diaryl/α,β-unsaturated/α-hetero) is 2. The summed E-state index contributed by atoms with van der Waals surface area (Å²) >= 11 is 0. The van der Waals surface area contributed by atoms with Crippen molar-refractivity contribution in [3.63, 3.8) is 0 Å². The smallest absolute Gasteiger partial charge is 0.166 e. The number of rotatable bonds is 1. The third kappa shape index (κ3) is 2.06. The minimum absolute atomic E-state index is 0.0839. The summed E-state index contributed by atoms with van der Waals surface area (Å²) in [6, 6.07) is 0. The van der Waals surface area contributed by atoms with E-state index in [-0.39, 0.29) is 46.4 Å². The predicted octanol–water partition coefficient (Wildman–Crippen LogP) is 2.87. The van der Waals surface area contributed by atoms with Gasteiger partial charge in [-0.25, -0.2) is 0 Å². The Kier molecular flexibility index (Phi) is 3.67. The molecule has 4 rings (SSSR count). The molecule has 0 heterocycles. The van der Waals surface area contributed by atoms with Crippen molar-refractivity contribution in [2.24, 2.45) is 34.5 Å². The first-order valence-corrected chi connectivity index (χ1v) is 9.67. The Labute approximate surface area is 149 Å². The second-order valence-electron chi connectivity index (χ2n) is 9.25. The van der Waals surface area contributed by atoms with Crippen LogP contribution in [0.25, 0.3) is 0 Å². The van der Waals surface area contributed by atoms with Crippen LogP contribution >= 0.6 is 0 Å². The number of carbonyl (C=O) groups excluding carboxylic acids is 3. The van der Waals surface area contributed by atoms with E-state index in [2.05, 4.69) is 6.92 Å². The summed E-state index contributed by atoms with van der Waals surface area (Å²) in [4.78, 5) is 37.4. The summed E-state index contributed by atoms with van der Waals surface area (Å²) in [5.41, 5.74) is 0.187. The molecule has 25 heavy (non-hydrogen) atoms. The van der Waals surface area contributed by atoms with Crippen molar-refractivity contribution in [1.82, 2.24) is 0 Å². The van der Waals surface area contributed by atoms with Gasteiger partial charge in [-0.2, -0.15) is 0 Å². The Bertz CT molecular complexity index is 692. The van der Waals surface area contributed by atoms with Gasteiger partial charge in [0.25, 0.3) is 0 Å². The van der Waals surface area contributed by atoms with E-state index < -0.39 is 11.5 Å². The summed E-state index contributed by atoms with van der Waals surface area (Å²) in [5.74, 6) is 0.197. The highest BCUT2D eigenvalue weighted by molar-refractivity contribution is 5.94. The number of fused-ring (bicyclic) bond motifs is 5. The van der Waals surface area contributed by atoms with Crippen molar-refractivity contribution in [1.29, 1.82) is 0 Å². The molecule has 3 fully saturated rings. The number of allylic oxidation sites excluding steroid dienone is 1. The van der Waals surface area contributed by atoms with E-state index in [0.29, 0.717) is 12.8 Å². The van der Waals surface area contributed by atoms with Gasteiger partial charge in [0.05, 0.1) is 0 Å². The lowest BCUT2D eigenvalue weighted by Crippen LogP contribution is -2.62. The van der Waals surface area contributed by atoms with Crippen LogP contribution in [-0.4, -0.2) is 28.6 Å². The number of aliphatic hydroxyl groups is 1. The second-order valence-corrected chi connectivity index (χ2v) is 9.25. The van der Waals surface area contributed by atoms with E-state index in [1.54, 1.807) is 13.0 Å². The SMILES string of the molecule is CC(=O)[C@H]1CC[C@H]2[C@@H]3CCC4=CC(=O)CC[C@]4(C)[C@H]3C(=O)[C@H](O)[C@]12C. The van der Waals surface area contributed by atoms with Gasteiger partial charge in [0.15, 0.2) is 11.6 Å². The first-order chi connectivity index (χ1) is 11.7. The molecule has 4 aliphatic carbocycles. The summed E-state index contributed by atoms with van der Waals surface area (Å²) in [6.45, 7) is 5.68. The summed E-state index contributed by atoms with van der Waals surface area (Å²) in [6.07, 6.45) is 5.35. The average Bonchev–Trinajstić information content (AvgIpc) is 2.91. The Morgan fingerprint density at radius 2 is 1.88 bits per heavy atom. The van der Waals surface area contributed by atoms with Crippen molar-refractivity contribution >= 4 is 17.3 Å². The Balaban J connectivity index is 1.79. The Morgan fingerprint density at radius 1 is 1.16 bits per heavy atom. The lowest BCUT2D eigenvalue weighted by atomic mass is 9.45. The molecule has 0 aliphatic heterocycles. The molecule has 0 saturated heterocycles. The van der Waals surface area contributed by atoms with Gasteiger partial charge in [-0.15, -0.1) is 0 Å². The molecule has 0 radical (unpaired) electrons. The molecule has 0 bridgehead atoms. The largest absolute Gasteiger partial charge is 0.385 e. The molecule has 4 heteroatoms. The van der Waals surface area contributed by atoms with Gasteiger partial charge in [-0.05, 0) is 62.4 Å². The normalized spacial score (nSPS) is 49.1. The van der Waals surface area contributed by atoms with Gasteiger partial charge in [0.2, 0.25) is 0 Å². The molecule has 4 nitrogen and oxygen atoms in total. The van der Waals surface area contributed by atoms with Crippen LogP contribution in [0.1, 0.15) is 59.3 Å². The zero-order valence-corrected chi connectivity index (χ0v) is 15.4. The van der Waals surface area contributed by atoms with Crippen molar-refractivity contribution < 1.29 is 19.5 Å². The van der Waals surface area contributed by atoms with Crippen molar-refractivity contribution in [2.75, 3.05) is 0 Å². The fraction of sp³-hybridized carbons (Fsp3) is 0.762. The summed E-state index contributed by atoms with van der Waals surface area (Å²) in [7, 11) is 0. The van der Waals surface area contributed by atoms with Crippen LogP contribution in [0.15, 0.2) is 11.6 Å². The standard InChI is InChI=1S/C21H28O4/c1-11(22)15-6-7-16-14-5-4-12-10-13(23)8-9-20(12,2)17(14)18(24)19(25)21(15,16)3/h10,14-17,19,25H,4-9H2,1-3H3/t14-,15+,16-,17+,19-,20-,21+/m0/s1. The van der Waals surface area contributed by atoms with Gasteiger partial charge < -0.3 is 5.11 Å². The van der Waals surface area contributed by atoms with Gasteiger partial charge >= 0.3 is 0 Å². The number of carbonyl (C=O) groups is 3. The highest BCUT2D eigenvalue weighted by Gasteiger charge is 2.66. The zero-order valence-electron chi connectivity index (χ0n) is 15.4. The van der Waals surface area contributed by atoms with E-state index in [1.807, 2.05) is 6.92 Å².